The second-order valence-corrected chi connectivity index (χ2v) is 27.8. The molecule has 0 aliphatic heterocycles. The number of unbranched alkanes of at least 4 members (excludes halogenated alkanes) is 36. The van der Waals surface area contributed by atoms with E-state index in [4.69, 9.17) is 37.0 Å². The van der Waals surface area contributed by atoms with Gasteiger partial charge < -0.3 is 33.8 Å². The number of carbonyl (C=O) groups is 4. The lowest BCUT2D eigenvalue weighted by atomic mass is 10.1. The highest BCUT2D eigenvalue weighted by atomic mass is 31.2. The minimum absolute atomic E-state index is 0.0985. The summed E-state index contributed by atoms with van der Waals surface area (Å²) in [6.07, 6.45) is 61.2. The van der Waals surface area contributed by atoms with E-state index in [1.807, 2.05) is 0 Å². The lowest BCUT2D eigenvalue weighted by Crippen LogP contribution is -2.30. The van der Waals surface area contributed by atoms with Crippen LogP contribution < -0.4 is 0 Å². The summed E-state index contributed by atoms with van der Waals surface area (Å²) >= 11 is 0. The van der Waals surface area contributed by atoms with E-state index in [2.05, 4.69) is 76.3 Å². The first-order valence-corrected chi connectivity index (χ1v) is 39.9. The molecular weight excluding hydrogens is 1210 g/mol. The average Bonchev–Trinajstić information content (AvgIpc) is 2.24. The zero-order valence-corrected chi connectivity index (χ0v) is 60.3. The van der Waals surface area contributed by atoms with Crippen molar-refractivity contribution in [1.29, 1.82) is 0 Å². The van der Waals surface area contributed by atoms with Gasteiger partial charge in [-0.25, -0.2) is 9.13 Å². The van der Waals surface area contributed by atoms with Gasteiger partial charge in [0, 0.05) is 25.7 Å². The number of phosphoric ester groups is 2. The van der Waals surface area contributed by atoms with Gasteiger partial charge in [-0.05, 0) is 83.5 Å². The first kappa shape index (κ1) is 89.0. The number of rotatable bonds is 70. The number of esters is 4. The van der Waals surface area contributed by atoms with Crippen LogP contribution in [0, 0.1) is 0 Å². The van der Waals surface area contributed by atoms with Crippen LogP contribution in [0.15, 0.2) is 48.6 Å². The zero-order valence-electron chi connectivity index (χ0n) is 58.5. The van der Waals surface area contributed by atoms with Crippen molar-refractivity contribution in [2.45, 2.75) is 354 Å². The third-order valence-corrected chi connectivity index (χ3v) is 17.7. The molecule has 0 aromatic carbocycles. The zero-order chi connectivity index (χ0) is 67.5. The fraction of sp³-hybridized carbons (Fsp3) is 0.836. The predicted molar refractivity (Wildman–Crippen MR) is 372 cm³/mol. The Kier molecular flexibility index (Phi) is 64.5. The minimum Gasteiger partial charge on any atom is -0.462 e. The van der Waals surface area contributed by atoms with Crippen LogP contribution in [0.5, 0.6) is 0 Å². The fourth-order valence-corrected chi connectivity index (χ4v) is 11.7. The van der Waals surface area contributed by atoms with E-state index < -0.39 is 97.5 Å². The van der Waals surface area contributed by atoms with E-state index >= 15 is 0 Å². The van der Waals surface area contributed by atoms with Crippen LogP contribution in [0.1, 0.15) is 336 Å². The molecule has 5 unspecified atom stereocenters. The molecule has 17 nitrogen and oxygen atoms in total. The summed E-state index contributed by atoms with van der Waals surface area (Å²) in [5.74, 6) is -2.17. The largest absolute Gasteiger partial charge is 0.472 e. The second-order valence-electron chi connectivity index (χ2n) is 24.9. The van der Waals surface area contributed by atoms with Crippen LogP contribution in [0.3, 0.4) is 0 Å². The number of hydrogen-bond donors (Lipinski definition) is 3. The Labute approximate surface area is 559 Å². The predicted octanol–water partition coefficient (Wildman–Crippen LogP) is 20.6. The van der Waals surface area contributed by atoms with Gasteiger partial charge in [-0.2, -0.15) is 0 Å². The smallest absolute Gasteiger partial charge is 0.462 e. The van der Waals surface area contributed by atoms with E-state index in [9.17, 15) is 43.2 Å². The Bertz CT molecular complexity index is 1940. The van der Waals surface area contributed by atoms with Gasteiger partial charge in [0.05, 0.1) is 26.4 Å². The molecule has 0 spiro atoms. The monoisotopic (exact) mass is 1340 g/mol. The number of allylic oxidation sites excluding steroid dienone is 8. The second kappa shape index (κ2) is 66.6. The molecule has 538 valence electrons. The van der Waals surface area contributed by atoms with Crippen molar-refractivity contribution >= 4 is 39.5 Å². The Balaban J connectivity index is 5.24. The Morgan fingerprint density at radius 1 is 0.304 bits per heavy atom. The molecule has 0 rings (SSSR count). The van der Waals surface area contributed by atoms with Crippen LogP contribution in [-0.2, 0) is 65.4 Å². The van der Waals surface area contributed by atoms with Crippen molar-refractivity contribution in [1.82, 2.24) is 0 Å². The van der Waals surface area contributed by atoms with Gasteiger partial charge in [-0.1, -0.05) is 275 Å². The fourth-order valence-electron chi connectivity index (χ4n) is 10.1. The van der Waals surface area contributed by atoms with Gasteiger partial charge in [-0.15, -0.1) is 0 Å². The summed E-state index contributed by atoms with van der Waals surface area (Å²) in [5.41, 5.74) is 0. The van der Waals surface area contributed by atoms with Gasteiger partial charge in [0.15, 0.2) is 12.2 Å². The average molecular weight is 1350 g/mol. The van der Waals surface area contributed by atoms with Gasteiger partial charge in [0.25, 0.3) is 0 Å². The molecule has 5 atom stereocenters. The molecule has 19 heteroatoms. The topological polar surface area (TPSA) is 237 Å². The molecule has 0 aliphatic carbocycles. The van der Waals surface area contributed by atoms with Crippen LogP contribution >= 0.6 is 15.6 Å². The molecule has 0 aromatic heterocycles. The van der Waals surface area contributed by atoms with Crippen molar-refractivity contribution in [3.05, 3.63) is 48.6 Å². The van der Waals surface area contributed by atoms with E-state index in [0.717, 1.165) is 148 Å². The number of hydrogen-bond acceptors (Lipinski definition) is 15. The van der Waals surface area contributed by atoms with Crippen LogP contribution in [0.25, 0.3) is 0 Å². The SMILES string of the molecule is CCCC/C=C\CCCCCCCC(=O)OCC(COP(=O)(O)OCC(O)COP(=O)(O)OCC(COC(=O)CCCCCCCC/C=C\C/C=C\C/C=C\CCCCC)OC(=O)CCCCCCCCCCCCC)OC(=O)CCCCCCCCCCCCC. The molecule has 0 bridgehead atoms. The standard InChI is InChI=1S/C73H134O17P2/c1-5-9-13-17-21-25-29-30-31-32-33-34-35-36-40-42-46-50-54-58-71(76)84-64-69(90-73(78)60-56-52-48-44-39-28-24-20-16-12-8-4)66-88-92(81,82)86-62-67(74)61-85-91(79,80)87-65-68(89-72(77)59-55-51-47-43-38-27-23-19-15-11-7-3)63-83-70(75)57-53-49-45-41-37-26-22-18-14-10-6-2/h18,21-22,25,30-31,33-34,67-69,74H,5-17,19-20,23-24,26-29,32,35-66H2,1-4H3,(H,79,80)(H,81,82)/b22-18-,25-21-,31-30-,34-33-. The number of aliphatic hydroxyl groups excluding tert-OH is 1. The van der Waals surface area contributed by atoms with Crippen molar-refractivity contribution in [3.8, 4) is 0 Å². The normalized spacial score (nSPS) is 14.3. The van der Waals surface area contributed by atoms with Gasteiger partial charge in [0.1, 0.15) is 19.3 Å². The van der Waals surface area contributed by atoms with Gasteiger partial charge in [-0.3, -0.25) is 37.3 Å². The molecule has 92 heavy (non-hydrogen) atoms. The first-order chi connectivity index (χ1) is 44.7. The third kappa shape index (κ3) is 65.7. The Morgan fingerprint density at radius 2 is 0.543 bits per heavy atom. The highest BCUT2D eigenvalue weighted by Gasteiger charge is 2.30. The van der Waals surface area contributed by atoms with Crippen LogP contribution in [0.4, 0.5) is 0 Å². The summed E-state index contributed by atoms with van der Waals surface area (Å²) in [5, 5.41) is 10.6. The summed E-state index contributed by atoms with van der Waals surface area (Å²) in [6, 6.07) is 0. The first-order valence-electron chi connectivity index (χ1n) is 36.9. The maximum atomic E-state index is 13.0. The number of aliphatic hydroxyl groups is 1. The van der Waals surface area contributed by atoms with E-state index in [-0.39, 0.29) is 25.7 Å². The Morgan fingerprint density at radius 3 is 0.880 bits per heavy atom. The molecule has 0 radical (unpaired) electrons. The molecule has 0 saturated heterocycles. The Hall–Kier alpha value is -2.98. The molecule has 0 saturated carbocycles. The van der Waals surface area contributed by atoms with E-state index in [1.165, 1.54) is 109 Å². The molecule has 3 N–H and O–H groups in total. The van der Waals surface area contributed by atoms with E-state index in [0.29, 0.717) is 25.7 Å². The summed E-state index contributed by atoms with van der Waals surface area (Å²) in [4.78, 5) is 72.5. The van der Waals surface area contributed by atoms with Crippen molar-refractivity contribution in [3.63, 3.8) is 0 Å². The summed E-state index contributed by atoms with van der Waals surface area (Å²) in [6.45, 7) is 4.81. The maximum absolute atomic E-state index is 13.0. The lowest BCUT2D eigenvalue weighted by Gasteiger charge is -2.21. The molecule has 0 amide bonds. The molecule has 0 aromatic rings. The van der Waals surface area contributed by atoms with Crippen LogP contribution in [0.2, 0.25) is 0 Å². The number of ether oxygens (including phenoxy) is 4. The summed E-state index contributed by atoms with van der Waals surface area (Å²) < 4.78 is 68.2. The third-order valence-electron chi connectivity index (χ3n) is 15.8. The van der Waals surface area contributed by atoms with E-state index in [1.54, 1.807) is 0 Å². The van der Waals surface area contributed by atoms with Crippen molar-refractivity contribution in [2.75, 3.05) is 39.6 Å². The highest BCUT2D eigenvalue weighted by Crippen LogP contribution is 2.45. The summed E-state index contributed by atoms with van der Waals surface area (Å²) in [7, 11) is -9.92. The quantitative estimate of drug-likeness (QED) is 0.0169. The highest BCUT2D eigenvalue weighted by molar-refractivity contribution is 7.47. The molecule has 0 heterocycles. The molecule has 0 fully saturated rings. The number of carbonyl (C=O) groups excluding carboxylic acids is 4. The van der Waals surface area contributed by atoms with Crippen molar-refractivity contribution < 1.29 is 80.2 Å². The molecular formula is C73H134O17P2. The van der Waals surface area contributed by atoms with Gasteiger partial charge in [0.2, 0.25) is 0 Å². The number of phosphoric acid groups is 2. The molecule has 0 aliphatic rings. The maximum Gasteiger partial charge on any atom is 0.472 e. The lowest BCUT2D eigenvalue weighted by molar-refractivity contribution is -0.161. The van der Waals surface area contributed by atoms with Crippen molar-refractivity contribution in [2.24, 2.45) is 0 Å². The van der Waals surface area contributed by atoms with Gasteiger partial charge >= 0.3 is 39.5 Å². The van der Waals surface area contributed by atoms with Crippen LogP contribution in [-0.4, -0.2) is 96.7 Å². The minimum atomic E-state index is -4.96.